The van der Waals surface area contributed by atoms with Gasteiger partial charge in [-0.15, -0.1) is 0 Å². The molecule has 2 aliphatic rings. The lowest BCUT2D eigenvalue weighted by molar-refractivity contribution is 0.0955. The molecule has 4 nitrogen and oxygen atoms in total. The minimum absolute atomic E-state index is 0.226. The van der Waals surface area contributed by atoms with Gasteiger partial charge in [0.15, 0.2) is 0 Å². The monoisotopic (exact) mass is 262 g/mol. The van der Waals surface area contributed by atoms with Gasteiger partial charge in [-0.05, 0) is 50.0 Å². The van der Waals surface area contributed by atoms with Crippen LogP contribution < -0.4 is 10.5 Å². The van der Waals surface area contributed by atoms with Crippen molar-refractivity contribution < 1.29 is 9.84 Å². The van der Waals surface area contributed by atoms with Crippen molar-refractivity contribution in [2.75, 3.05) is 19.6 Å². The van der Waals surface area contributed by atoms with E-state index >= 15 is 0 Å². The number of benzene rings is 1. The fraction of sp³-hybridized carbons (Fsp3) is 0.600. The third kappa shape index (κ3) is 3.26. The van der Waals surface area contributed by atoms with E-state index in [1.807, 2.05) is 24.3 Å². The van der Waals surface area contributed by atoms with E-state index < -0.39 is 6.10 Å². The Balaban J connectivity index is 1.56. The summed E-state index contributed by atoms with van der Waals surface area (Å²) in [6.45, 7) is 2.98. The number of nitrogens with two attached hydrogens (primary N) is 1. The van der Waals surface area contributed by atoms with Gasteiger partial charge in [-0.25, -0.2) is 0 Å². The van der Waals surface area contributed by atoms with E-state index in [4.69, 9.17) is 10.5 Å². The summed E-state index contributed by atoms with van der Waals surface area (Å²) < 4.78 is 5.69. The zero-order valence-electron chi connectivity index (χ0n) is 11.2. The molecule has 104 valence electrons. The number of aliphatic hydroxyl groups excluding tert-OH is 1. The number of likely N-dealkylation sites (tertiary alicyclic amines) is 1. The first kappa shape index (κ1) is 12.9. The Kier molecular flexibility index (Phi) is 3.73. The van der Waals surface area contributed by atoms with E-state index in [-0.39, 0.29) is 6.04 Å². The van der Waals surface area contributed by atoms with Gasteiger partial charge in [-0.3, -0.25) is 0 Å². The molecule has 1 saturated carbocycles. The van der Waals surface area contributed by atoms with E-state index in [1.165, 1.54) is 6.42 Å². The zero-order valence-corrected chi connectivity index (χ0v) is 11.2. The van der Waals surface area contributed by atoms with Crippen molar-refractivity contribution in [1.29, 1.82) is 0 Å². The predicted molar refractivity (Wildman–Crippen MR) is 74.1 cm³/mol. The fourth-order valence-electron chi connectivity index (χ4n) is 2.33. The lowest BCUT2D eigenvalue weighted by Crippen LogP contribution is -2.47. The summed E-state index contributed by atoms with van der Waals surface area (Å²) in [5, 5.41) is 10.3. The standard InChI is InChI=1S/C15H22N2O2/c16-14(10-17-8-1-9-17)15(18)11-2-4-12(5-3-11)19-13-6-7-13/h2-5,13-15,18H,1,6-10,16H2. The van der Waals surface area contributed by atoms with Gasteiger partial charge >= 0.3 is 0 Å². The van der Waals surface area contributed by atoms with Gasteiger partial charge in [-0.1, -0.05) is 12.1 Å². The van der Waals surface area contributed by atoms with Gasteiger partial charge in [0.1, 0.15) is 5.75 Å². The van der Waals surface area contributed by atoms with Crippen LogP contribution in [0.15, 0.2) is 24.3 Å². The van der Waals surface area contributed by atoms with Crippen LogP contribution in [0.4, 0.5) is 0 Å². The first-order valence-corrected chi connectivity index (χ1v) is 7.15. The second kappa shape index (κ2) is 5.49. The summed E-state index contributed by atoms with van der Waals surface area (Å²) in [5.74, 6) is 0.884. The Morgan fingerprint density at radius 3 is 2.47 bits per heavy atom. The molecule has 3 N–H and O–H groups in total. The Labute approximate surface area is 114 Å². The number of nitrogens with zero attached hydrogens (tertiary/aromatic N) is 1. The topological polar surface area (TPSA) is 58.7 Å². The molecule has 1 aliphatic heterocycles. The highest BCUT2D eigenvalue weighted by Crippen LogP contribution is 2.28. The molecule has 1 aromatic rings. The Morgan fingerprint density at radius 2 is 1.95 bits per heavy atom. The average molecular weight is 262 g/mol. The van der Waals surface area contributed by atoms with Crippen molar-refractivity contribution in [3.05, 3.63) is 29.8 Å². The highest BCUT2D eigenvalue weighted by atomic mass is 16.5. The zero-order chi connectivity index (χ0) is 13.2. The average Bonchev–Trinajstić information content (AvgIpc) is 3.17. The molecule has 19 heavy (non-hydrogen) atoms. The lowest BCUT2D eigenvalue weighted by atomic mass is 10.0. The normalized spacial score (nSPS) is 22.6. The van der Waals surface area contributed by atoms with Crippen LogP contribution in [0.5, 0.6) is 5.75 Å². The summed E-state index contributed by atoms with van der Waals surface area (Å²) >= 11 is 0. The molecule has 1 aromatic carbocycles. The Bertz CT molecular complexity index is 413. The molecule has 2 fully saturated rings. The van der Waals surface area contributed by atoms with Crippen molar-refractivity contribution in [2.24, 2.45) is 5.73 Å². The van der Waals surface area contributed by atoms with E-state index in [2.05, 4.69) is 4.90 Å². The largest absolute Gasteiger partial charge is 0.490 e. The van der Waals surface area contributed by atoms with Gasteiger partial charge in [-0.2, -0.15) is 0 Å². The molecule has 0 radical (unpaired) electrons. The number of rotatable bonds is 6. The maximum atomic E-state index is 10.3. The molecule has 0 bridgehead atoms. The molecule has 1 saturated heterocycles. The molecule has 1 heterocycles. The summed E-state index contributed by atoms with van der Waals surface area (Å²) in [5.41, 5.74) is 6.94. The van der Waals surface area contributed by atoms with Crippen molar-refractivity contribution in [3.63, 3.8) is 0 Å². The van der Waals surface area contributed by atoms with Crippen LogP contribution in [0.1, 0.15) is 30.9 Å². The minimum atomic E-state index is -0.601. The van der Waals surface area contributed by atoms with Crippen molar-refractivity contribution in [1.82, 2.24) is 4.90 Å². The molecule has 3 rings (SSSR count). The second-order valence-corrected chi connectivity index (χ2v) is 5.65. The molecule has 2 unspecified atom stereocenters. The van der Waals surface area contributed by atoms with Gasteiger partial charge < -0.3 is 20.5 Å². The fourth-order valence-corrected chi connectivity index (χ4v) is 2.33. The van der Waals surface area contributed by atoms with Crippen LogP contribution >= 0.6 is 0 Å². The van der Waals surface area contributed by atoms with Crippen molar-refractivity contribution >= 4 is 0 Å². The van der Waals surface area contributed by atoms with Crippen LogP contribution in [0.2, 0.25) is 0 Å². The van der Waals surface area contributed by atoms with Gasteiger partial charge in [0.05, 0.1) is 12.2 Å². The van der Waals surface area contributed by atoms with Crippen LogP contribution in [-0.2, 0) is 0 Å². The summed E-state index contributed by atoms with van der Waals surface area (Å²) in [6, 6.07) is 7.45. The predicted octanol–water partition coefficient (Wildman–Crippen LogP) is 1.29. The van der Waals surface area contributed by atoms with E-state index in [0.717, 1.165) is 43.8 Å². The second-order valence-electron chi connectivity index (χ2n) is 5.65. The lowest BCUT2D eigenvalue weighted by Gasteiger charge is -2.34. The number of hydrogen-bond donors (Lipinski definition) is 2. The third-order valence-electron chi connectivity index (χ3n) is 3.87. The summed E-state index contributed by atoms with van der Waals surface area (Å²) in [4.78, 5) is 2.28. The minimum Gasteiger partial charge on any atom is -0.490 e. The molecule has 0 spiro atoms. The molecule has 4 heteroatoms. The summed E-state index contributed by atoms with van der Waals surface area (Å²) in [6.07, 6.45) is 3.37. The van der Waals surface area contributed by atoms with Crippen LogP contribution in [-0.4, -0.2) is 41.8 Å². The van der Waals surface area contributed by atoms with E-state index in [1.54, 1.807) is 0 Å². The molecule has 0 aromatic heterocycles. The van der Waals surface area contributed by atoms with E-state index in [9.17, 15) is 5.11 Å². The first-order chi connectivity index (χ1) is 9.22. The molecule has 0 amide bonds. The third-order valence-corrected chi connectivity index (χ3v) is 3.87. The molecular weight excluding hydrogens is 240 g/mol. The van der Waals surface area contributed by atoms with Gasteiger partial charge in [0.2, 0.25) is 0 Å². The number of ether oxygens (including phenoxy) is 1. The SMILES string of the molecule is NC(CN1CCC1)C(O)c1ccc(OC2CC2)cc1. The molecular formula is C15H22N2O2. The Hall–Kier alpha value is -1.10. The number of hydrogen-bond acceptors (Lipinski definition) is 4. The van der Waals surface area contributed by atoms with E-state index in [0.29, 0.717) is 6.10 Å². The van der Waals surface area contributed by atoms with Gasteiger partial charge in [0.25, 0.3) is 0 Å². The highest BCUT2D eigenvalue weighted by molar-refractivity contribution is 5.29. The molecule has 2 atom stereocenters. The van der Waals surface area contributed by atoms with Gasteiger partial charge in [0, 0.05) is 12.6 Å². The quantitative estimate of drug-likeness (QED) is 0.811. The first-order valence-electron chi connectivity index (χ1n) is 7.15. The number of aliphatic hydroxyl groups is 1. The highest BCUT2D eigenvalue weighted by Gasteiger charge is 2.24. The van der Waals surface area contributed by atoms with Crippen LogP contribution in [0.3, 0.4) is 0 Å². The van der Waals surface area contributed by atoms with Crippen LogP contribution in [0.25, 0.3) is 0 Å². The summed E-state index contributed by atoms with van der Waals surface area (Å²) in [7, 11) is 0. The van der Waals surface area contributed by atoms with Crippen LogP contribution in [0, 0.1) is 0 Å². The molecule has 1 aliphatic carbocycles. The smallest absolute Gasteiger partial charge is 0.119 e. The maximum absolute atomic E-state index is 10.3. The van der Waals surface area contributed by atoms with Crippen molar-refractivity contribution in [3.8, 4) is 5.75 Å². The maximum Gasteiger partial charge on any atom is 0.119 e. The van der Waals surface area contributed by atoms with Crippen molar-refractivity contribution in [2.45, 2.75) is 37.5 Å². The Morgan fingerprint density at radius 1 is 1.26 bits per heavy atom.